The number of hydrogen-bond acceptors (Lipinski definition) is 4. The Hall–Kier alpha value is -1.59. The summed E-state index contributed by atoms with van der Waals surface area (Å²) in [5.74, 6) is 0.560. The van der Waals surface area contributed by atoms with Crippen molar-refractivity contribution < 1.29 is 9.52 Å². The van der Waals surface area contributed by atoms with Crippen molar-refractivity contribution in [2.45, 2.75) is 19.1 Å². The molecule has 86 valence electrons. The lowest BCUT2D eigenvalue weighted by molar-refractivity contribution is 0.0339. The summed E-state index contributed by atoms with van der Waals surface area (Å²) in [7, 11) is 0. The molecule has 0 saturated carbocycles. The second-order valence-corrected chi connectivity index (χ2v) is 3.94. The van der Waals surface area contributed by atoms with Gasteiger partial charge >= 0.3 is 0 Å². The van der Waals surface area contributed by atoms with E-state index in [1.165, 1.54) is 0 Å². The van der Waals surface area contributed by atoms with Crippen molar-refractivity contribution in [3.63, 3.8) is 0 Å². The van der Waals surface area contributed by atoms with Gasteiger partial charge in [-0.2, -0.15) is 5.10 Å². The van der Waals surface area contributed by atoms with Gasteiger partial charge in [-0.25, -0.2) is 0 Å². The van der Waals surface area contributed by atoms with Gasteiger partial charge in [-0.3, -0.25) is 5.10 Å². The molecule has 0 aliphatic rings. The molecule has 1 unspecified atom stereocenters. The third-order valence-corrected chi connectivity index (χ3v) is 2.40. The van der Waals surface area contributed by atoms with Gasteiger partial charge in [-0.05, 0) is 25.1 Å². The number of nitrogens with one attached hydrogen (secondary N) is 2. The quantitative estimate of drug-likeness (QED) is 0.704. The molecular weight excluding hydrogens is 206 g/mol. The SMILES string of the molecule is CC(O)(CNCc1ccn[nH]1)c1ccco1. The number of rotatable bonds is 5. The summed E-state index contributed by atoms with van der Waals surface area (Å²) in [6.07, 6.45) is 3.25. The van der Waals surface area contributed by atoms with Crippen molar-refractivity contribution in [1.29, 1.82) is 0 Å². The summed E-state index contributed by atoms with van der Waals surface area (Å²) in [5, 5.41) is 19.9. The second-order valence-electron chi connectivity index (χ2n) is 3.94. The van der Waals surface area contributed by atoms with Crippen LogP contribution >= 0.6 is 0 Å². The number of furan rings is 1. The van der Waals surface area contributed by atoms with E-state index < -0.39 is 5.60 Å². The zero-order valence-electron chi connectivity index (χ0n) is 9.10. The highest BCUT2D eigenvalue weighted by atomic mass is 16.4. The minimum Gasteiger partial charge on any atom is -0.466 e. The third kappa shape index (κ3) is 2.50. The number of aromatic nitrogens is 2. The Kier molecular flexibility index (Phi) is 3.07. The average Bonchev–Trinajstić information content (AvgIpc) is 2.90. The van der Waals surface area contributed by atoms with E-state index in [9.17, 15) is 5.11 Å². The molecule has 0 aromatic carbocycles. The Morgan fingerprint density at radius 1 is 1.56 bits per heavy atom. The Labute approximate surface area is 93.5 Å². The molecule has 0 radical (unpaired) electrons. The molecule has 5 nitrogen and oxygen atoms in total. The van der Waals surface area contributed by atoms with E-state index in [-0.39, 0.29) is 0 Å². The number of hydrogen-bond donors (Lipinski definition) is 3. The van der Waals surface area contributed by atoms with Gasteiger partial charge in [0.25, 0.3) is 0 Å². The van der Waals surface area contributed by atoms with E-state index in [4.69, 9.17) is 4.42 Å². The zero-order chi connectivity index (χ0) is 11.4. The van der Waals surface area contributed by atoms with Crippen molar-refractivity contribution in [2.75, 3.05) is 6.54 Å². The molecule has 2 heterocycles. The molecule has 0 aliphatic carbocycles. The van der Waals surface area contributed by atoms with Crippen LogP contribution < -0.4 is 5.32 Å². The number of nitrogens with zero attached hydrogens (tertiary/aromatic N) is 1. The molecule has 5 heteroatoms. The van der Waals surface area contributed by atoms with Gasteiger partial charge in [-0.15, -0.1) is 0 Å². The van der Waals surface area contributed by atoms with Crippen LogP contribution in [0.15, 0.2) is 35.1 Å². The number of aliphatic hydroxyl groups is 1. The van der Waals surface area contributed by atoms with E-state index >= 15 is 0 Å². The number of H-pyrrole nitrogens is 1. The molecule has 16 heavy (non-hydrogen) atoms. The van der Waals surface area contributed by atoms with E-state index in [0.29, 0.717) is 18.8 Å². The van der Waals surface area contributed by atoms with Crippen LogP contribution in [-0.4, -0.2) is 21.8 Å². The summed E-state index contributed by atoms with van der Waals surface area (Å²) in [4.78, 5) is 0. The molecule has 0 spiro atoms. The standard InChI is InChI=1S/C11H15N3O2/c1-11(15,10-3-2-6-16-10)8-12-7-9-4-5-13-14-9/h2-6,12,15H,7-8H2,1H3,(H,13,14). The predicted octanol–water partition coefficient (Wildman–Crippen LogP) is 1.000. The molecule has 0 bridgehead atoms. The van der Waals surface area contributed by atoms with Gasteiger partial charge in [0.1, 0.15) is 11.4 Å². The third-order valence-electron chi connectivity index (χ3n) is 2.40. The van der Waals surface area contributed by atoms with Crippen LogP contribution in [0.2, 0.25) is 0 Å². The van der Waals surface area contributed by atoms with E-state index in [1.54, 1.807) is 31.5 Å². The molecule has 3 N–H and O–H groups in total. The van der Waals surface area contributed by atoms with Crippen LogP contribution in [0.4, 0.5) is 0 Å². The van der Waals surface area contributed by atoms with Crippen LogP contribution in [0.25, 0.3) is 0 Å². The van der Waals surface area contributed by atoms with Crippen molar-refractivity contribution in [1.82, 2.24) is 15.5 Å². The average molecular weight is 221 g/mol. The highest BCUT2D eigenvalue weighted by Crippen LogP contribution is 2.19. The summed E-state index contributed by atoms with van der Waals surface area (Å²) < 4.78 is 5.18. The normalized spacial score (nSPS) is 14.9. The minimum absolute atomic E-state index is 0.416. The fraction of sp³-hybridized carbons (Fsp3) is 0.364. The Bertz CT molecular complexity index is 406. The van der Waals surface area contributed by atoms with Crippen LogP contribution in [-0.2, 0) is 12.1 Å². The first kappa shape index (κ1) is 10.9. The lowest BCUT2D eigenvalue weighted by atomic mass is 10.0. The summed E-state index contributed by atoms with van der Waals surface area (Å²) in [5.41, 5.74) is -0.0148. The first-order valence-electron chi connectivity index (χ1n) is 5.14. The fourth-order valence-electron chi connectivity index (χ4n) is 1.50. The largest absolute Gasteiger partial charge is 0.466 e. The van der Waals surface area contributed by atoms with Crippen molar-refractivity contribution in [3.8, 4) is 0 Å². The maximum atomic E-state index is 10.1. The van der Waals surface area contributed by atoms with Crippen molar-refractivity contribution in [3.05, 3.63) is 42.1 Å². The summed E-state index contributed by atoms with van der Waals surface area (Å²) >= 11 is 0. The maximum absolute atomic E-state index is 10.1. The fourth-order valence-corrected chi connectivity index (χ4v) is 1.50. The molecule has 2 aromatic heterocycles. The molecule has 2 rings (SSSR count). The first-order chi connectivity index (χ1) is 7.68. The lowest BCUT2D eigenvalue weighted by Crippen LogP contribution is -2.34. The van der Waals surface area contributed by atoms with Crippen LogP contribution in [0, 0.1) is 0 Å². The molecule has 0 aliphatic heterocycles. The first-order valence-corrected chi connectivity index (χ1v) is 5.14. The van der Waals surface area contributed by atoms with Crippen LogP contribution in [0.3, 0.4) is 0 Å². The topological polar surface area (TPSA) is 74.1 Å². The maximum Gasteiger partial charge on any atom is 0.136 e. The number of aromatic amines is 1. The molecule has 2 aromatic rings. The van der Waals surface area contributed by atoms with Crippen molar-refractivity contribution >= 4 is 0 Å². The Balaban J connectivity index is 1.85. The van der Waals surface area contributed by atoms with Gasteiger partial charge in [0, 0.05) is 25.0 Å². The molecule has 1 atom stereocenters. The smallest absolute Gasteiger partial charge is 0.136 e. The highest BCUT2D eigenvalue weighted by molar-refractivity contribution is 5.08. The molecule has 0 amide bonds. The minimum atomic E-state index is -0.997. The predicted molar refractivity (Wildman–Crippen MR) is 58.6 cm³/mol. The molecule has 0 saturated heterocycles. The Morgan fingerprint density at radius 3 is 3.06 bits per heavy atom. The van der Waals surface area contributed by atoms with Crippen molar-refractivity contribution in [2.24, 2.45) is 0 Å². The highest BCUT2D eigenvalue weighted by Gasteiger charge is 2.25. The van der Waals surface area contributed by atoms with E-state index in [0.717, 1.165) is 5.69 Å². The van der Waals surface area contributed by atoms with Gasteiger partial charge < -0.3 is 14.8 Å². The molecular formula is C11H15N3O2. The lowest BCUT2D eigenvalue weighted by Gasteiger charge is -2.20. The van der Waals surface area contributed by atoms with Crippen LogP contribution in [0.5, 0.6) is 0 Å². The van der Waals surface area contributed by atoms with Gasteiger partial charge in [-0.1, -0.05) is 0 Å². The summed E-state index contributed by atoms with van der Waals surface area (Å²) in [6.45, 7) is 2.77. The van der Waals surface area contributed by atoms with Gasteiger partial charge in [0.15, 0.2) is 0 Å². The monoisotopic (exact) mass is 221 g/mol. The molecule has 0 fully saturated rings. The summed E-state index contributed by atoms with van der Waals surface area (Å²) in [6, 6.07) is 5.41. The Morgan fingerprint density at radius 2 is 2.44 bits per heavy atom. The zero-order valence-corrected chi connectivity index (χ0v) is 9.10. The van der Waals surface area contributed by atoms with Crippen LogP contribution in [0.1, 0.15) is 18.4 Å². The van der Waals surface area contributed by atoms with E-state index in [2.05, 4.69) is 15.5 Å². The van der Waals surface area contributed by atoms with E-state index in [1.807, 2.05) is 6.07 Å². The van der Waals surface area contributed by atoms with Gasteiger partial charge in [0.05, 0.1) is 6.26 Å². The second kappa shape index (κ2) is 4.51. The van der Waals surface area contributed by atoms with Gasteiger partial charge in [0.2, 0.25) is 0 Å².